The molecule has 1 aliphatic rings. The lowest BCUT2D eigenvalue weighted by molar-refractivity contribution is -0.0517. The molecule has 3 heterocycles. The molecule has 35 heavy (non-hydrogen) atoms. The van der Waals surface area contributed by atoms with E-state index in [1.807, 2.05) is 6.07 Å². The van der Waals surface area contributed by atoms with Crippen LogP contribution < -0.4 is 9.47 Å². The zero-order valence-corrected chi connectivity index (χ0v) is 18.6. The highest BCUT2D eigenvalue weighted by atomic mass is 19.3. The number of aromatic nitrogens is 4. The fourth-order valence-corrected chi connectivity index (χ4v) is 3.88. The quantitative estimate of drug-likeness (QED) is 0.329. The maximum Gasteiger partial charge on any atom is 0.387 e. The molecule has 1 saturated carbocycles. The van der Waals surface area contributed by atoms with Crippen molar-refractivity contribution in [2.75, 3.05) is 6.61 Å². The lowest BCUT2D eigenvalue weighted by atomic mass is 9.86. The van der Waals surface area contributed by atoms with Gasteiger partial charge >= 0.3 is 6.61 Å². The predicted octanol–water partition coefficient (Wildman–Crippen LogP) is 5.64. The molecule has 1 aromatic carbocycles. The Balaban J connectivity index is 1.54. The molecule has 1 fully saturated rings. The van der Waals surface area contributed by atoms with Crippen LogP contribution in [0, 0.1) is 17.2 Å². The number of nitrogens with zero attached hydrogens (tertiary/aromatic N) is 5. The first-order valence-electron chi connectivity index (χ1n) is 11.2. The second kappa shape index (κ2) is 9.89. The molecule has 0 amide bonds. The van der Waals surface area contributed by atoms with Crippen molar-refractivity contribution in [3.05, 3.63) is 71.8 Å². The van der Waals surface area contributed by atoms with Gasteiger partial charge in [0.05, 0.1) is 12.2 Å². The van der Waals surface area contributed by atoms with E-state index in [4.69, 9.17) is 14.7 Å². The third-order valence-electron chi connectivity index (χ3n) is 5.87. The van der Waals surface area contributed by atoms with Crippen LogP contribution in [-0.4, -0.2) is 32.7 Å². The molecule has 176 valence electrons. The van der Waals surface area contributed by atoms with Gasteiger partial charge in [0, 0.05) is 18.0 Å². The molecule has 0 aliphatic heterocycles. The van der Waals surface area contributed by atoms with Crippen molar-refractivity contribution in [1.82, 2.24) is 19.5 Å². The minimum absolute atomic E-state index is 0.00889. The zero-order chi connectivity index (χ0) is 24.2. The second-order valence-corrected chi connectivity index (χ2v) is 8.16. The van der Waals surface area contributed by atoms with Crippen molar-refractivity contribution in [3.8, 4) is 23.4 Å². The molecule has 0 atom stereocenters. The number of imidazole rings is 1. The van der Waals surface area contributed by atoms with E-state index in [0.717, 1.165) is 19.3 Å². The van der Waals surface area contributed by atoms with Gasteiger partial charge in [0.15, 0.2) is 17.1 Å². The smallest absolute Gasteiger partial charge is 0.387 e. The molecule has 0 bridgehead atoms. The first-order chi connectivity index (χ1) is 17.1. The molecular weight excluding hydrogens is 452 g/mol. The largest absolute Gasteiger partial charge is 0.489 e. The molecule has 9 heteroatoms. The standard InChI is InChI=1S/C26H21F2N5O2/c27-26(28)35-21-8-2-6-19(24(21)34-16-17-4-1-5-17)10-12-23-32-20-7-3-13-30-25(20)33(23)22-11-9-18(14-29)15-31-22/h2-3,6-13,15,17,26H,1,4-5,16H2/b12-10+. The Labute approximate surface area is 200 Å². The predicted molar refractivity (Wildman–Crippen MR) is 126 cm³/mol. The van der Waals surface area contributed by atoms with Crippen LogP contribution in [0.2, 0.25) is 0 Å². The van der Waals surface area contributed by atoms with E-state index < -0.39 is 6.61 Å². The van der Waals surface area contributed by atoms with E-state index in [2.05, 4.69) is 21.0 Å². The van der Waals surface area contributed by atoms with Crippen molar-refractivity contribution in [2.24, 2.45) is 5.92 Å². The monoisotopic (exact) mass is 473 g/mol. The van der Waals surface area contributed by atoms with Crippen LogP contribution >= 0.6 is 0 Å². The number of alkyl halides is 2. The van der Waals surface area contributed by atoms with Gasteiger partial charge in [0.2, 0.25) is 0 Å². The Hall–Kier alpha value is -4.32. The van der Waals surface area contributed by atoms with Gasteiger partial charge in [-0.3, -0.25) is 4.57 Å². The van der Waals surface area contributed by atoms with Gasteiger partial charge in [-0.25, -0.2) is 15.0 Å². The molecule has 7 nitrogen and oxygen atoms in total. The number of hydrogen-bond donors (Lipinski definition) is 0. The SMILES string of the molecule is N#Cc1ccc(-n2c(/C=C/c3cccc(OC(F)F)c3OCC3CCC3)nc3cccnc32)nc1. The van der Waals surface area contributed by atoms with Crippen LogP contribution in [0.3, 0.4) is 0 Å². The van der Waals surface area contributed by atoms with Crippen molar-refractivity contribution in [2.45, 2.75) is 25.9 Å². The van der Waals surface area contributed by atoms with Gasteiger partial charge in [0.1, 0.15) is 23.2 Å². The Morgan fingerprint density at radius 2 is 2.00 bits per heavy atom. The number of nitriles is 1. The Morgan fingerprint density at radius 3 is 2.71 bits per heavy atom. The van der Waals surface area contributed by atoms with E-state index in [-0.39, 0.29) is 11.5 Å². The summed E-state index contributed by atoms with van der Waals surface area (Å²) in [6.45, 7) is -2.51. The summed E-state index contributed by atoms with van der Waals surface area (Å²) in [7, 11) is 0. The van der Waals surface area contributed by atoms with Crippen molar-refractivity contribution in [1.29, 1.82) is 5.26 Å². The summed E-state index contributed by atoms with van der Waals surface area (Å²) in [5, 5.41) is 9.09. The van der Waals surface area contributed by atoms with Crippen LogP contribution in [0.25, 0.3) is 29.1 Å². The number of fused-ring (bicyclic) bond motifs is 1. The zero-order valence-electron chi connectivity index (χ0n) is 18.6. The highest BCUT2D eigenvalue weighted by molar-refractivity contribution is 5.80. The molecule has 0 N–H and O–H groups in total. The average molecular weight is 473 g/mol. The van der Waals surface area contributed by atoms with Crippen LogP contribution in [0.15, 0.2) is 54.9 Å². The summed E-state index contributed by atoms with van der Waals surface area (Å²) in [6.07, 6.45) is 9.93. The third-order valence-corrected chi connectivity index (χ3v) is 5.87. The number of halogens is 2. The summed E-state index contributed by atoms with van der Waals surface area (Å²) in [5.41, 5.74) is 2.28. The maximum absolute atomic E-state index is 13.0. The number of hydrogen-bond acceptors (Lipinski definition) is 6. The fourth-order valence-electron chi connectivity index (χ4n) is 3.88. The van der Waals surface area contributed by atoms with Gasteiger partial charge in [0.25, 0.3) is 0 Å². The van der Waals surface area contributed by atoms with Crippen molar-refractivity contribution in [3.63, 3.8) is 0 Å². The normalized spacial score (nSPS) is 13.8. The molecule has 0 saturated heterocycles. The van der Waals surface area contributed by atoms with Crippen LogP contribution in [0.4, 0.5) is 8.78 Å². The molecule has 1 aliphatic carbocycles. The van der Waals surface area contributed by atoms with Crippen LogP contribution in [0.1, 0.15) is 36.2 Å². The molecular formula is C26H21F2N5O2. The fraction of sp³-hybridized carbons (Fsp3) is 0.231. The number of ether oxygens (including phenoxy) is 2. The van der Waals surface area contributed by atoms with Gasteiger partial charge in [-0.2, -0.15) is 14.0 Å². The minimum Gasteiger partial charge on any atom is -0.489 e. The third kappa shape index (κ3) is 4.82. The lowest BCUT2D eigenvalue weighted by Gasteiger charge is -2.26. The highest BCUT2D eigenvalue weighted by Crippen LogP contribution is 2.36. The number of rotatable bonds is 8. The molecule has 5 rings (SSSR count). The number of benzene rings is 1. The van der Waals surface area contributed by atoms with E-state index in [1.165, 1.54) is 12.3 Å². The second-order valence-electron chi connectivity index (χ2n) is 8.16. The van der Waals surface area contributed by atoms with Crippen LogP contribution in [-0.2, 0) is 0 Å². The molecule has 0 spiro atoms. The first-order valence-corrected chi connectivity index (χ1v) is 11.2. The van der Waals surface area contributed by atoms with Crippen LogP contribution in [0.5, 0.6) is 11.5 Å². The number of para-hydroxylation sites is 1. The Kier molecular flexibility index (Phi) is 6.35. The van der Waals surface area contributed by atoms with Gasteiger partial charge in [-0.15, -0.1) is 0 Å². The average Bonchev–Trinajstić information content (AvgIpc) is 3.21. The summed E-state index contributed by atoms with van der Waals surface area (Å²) in [6, 6.07) is 14.0. The van der Waals surface area contributed by atoms with Gasteiger partial charge in [-0.05, 0) is 61.2 Å². The summed E-state index contributed by atoms with van der Waals surface area (Å²) in [5.74, 6) is 1.75. The highest BCUT2D eigenvalue weighted by Gasteiger charge is 2.21. The Morgan fingerprint density at radius 1 is 1.11 bits per heavy atom. The molecule has 3 aromatic heterocycles. The van der Waals surface area contributed by atoms with E-state index in [0.29, 0.717) is 46.5 Å². The van der Waals surface area contributed by atoms with E-state index in [9.17, 15) is 8.78 Å². The lowest BCUT2D eigenvalue weighted by Crippen LogP contribution is -2.20. The molecule has 4 aromatic rings. The van der Waals surface area contributed by atoms with E-state index in [1.54, 1.807) is 53.2 Å². The Bertz CT molecular complexity index is 1410. The summed E-state index contributed by atoms with van der Waals surface area (Å²) in [4.78, 5) is 13.5. The van der Waals surface area contributed by atoms with Gasteiger partial charge < -0.3 is 9.47 Å². The molecule has 0 unspecified atom stereocenters. The summed E-state index contributed by atoms with van der Waals surface area (Å²) < 4.78 is 38.5. The maximum atomic E-state index is 13.0. The first kappa shape index (κ1) is 22.5. The van der Waals surface area contributed by atoms with Gasteiger partial charge in [-0.1, -0.05) is 18.6 Å². The van der Waals surface area contributed by atoms with Crippen molar-refractivity contribution < 1.29 is 18.3 Å². The topological polar surface area (TPSA) is 85.9 Å². The molecule has 0 radical (unpaired) electrons. The number of pyridine rings is 2. The van der Waals surface area contributed by atoms with E-state index >= 15 is 0 Å². The minimum atomic E-state index is -2.96. The van der Waals surface area contributed by atoms with Crippen molar-refractivity contribution >= 4 is 23.3 Å². The summed E-state index contributed by atoms with van der Waals surface area (Å²) >= 11 is 0.